The number of aromatic nitrogens is 2. The summed E-state index contributed by atoms with van der Waals surface area (Å²) in [6.45, 7) is 4.97. The third-order valence-electron chi connectivity index (χ3n) is 2.79. The highest BCUT2D eigenvalue weighted by molar-refractivity contribution is 5.32. The zero-order valence-electron chi connectivity index (χ0n) is 9.72. The summed E-state index contributed by atoms with van der Waals surface area (Å²) in [5, 5.41) is 0. The van der Waals surface area contributed by atoms with Gasteiger partial charge in [-0.3, -0.25) is 0 Å². The maximum atomic E-state index is 6.19. The Balaban J connectivity index is 2.17. The highest BCUT2D eigenvalue weighted by Gasteiger charge is 2.09. The highest BCUT2D eigenvalue weighted by atomic mass is 15.0. The second kappa shape index (κ2) is 4.49. The topological polar surface area (TPSA) is 43.8 Å². The Kier molecular flexibility index (Phi) is 3.06. The van der Waals surface area contributed by atoms with Crippen LogP contribution < -0.4 is 5.73 Å². The number of aryl methyl sites for hydroxylation is 2. The summed E-state index contributed by atoms with van der Waals surface area (Å²) in [7, 11) is 0. The number of benzene rings is 1. The SMILES string of the molecule is Cc1ccc([C@@H](N)Cn2ccnc2)c(C)c1. The number of hydrogen-bond donors (Lipinski definition) is 1. The lowest BCUT2D eigenvalue weighted by Crippen LogP contribution is -2.17. The van der Waals surface area contributed by atoms with E-state index in [1.54, 1.807) is 12.5 Å². The van der Waals surface area contributed by atoms with Crippen molar-refractivity contribution >= 4 is 0 Å². The van der Waals surface area contributed by atoms with Crippen LogP contribution in [0, 0.1) is 13.8 Å². The molecule has 0 amide bonds. The molecule has 1 aromatic heterocycles. The Morgan fingerprint density at radius 3 is 2.81 bits per heavy atom. The molecule has 0 fully saturated rings. The van der Waals surface area contributed by atoms with E-state index in [-0.39, 0.29) is 6.04 Å². The molecule has 1 aromatic carbocycles. The molecule has 0 saturated carbocycles. The first kappa shape index (κ1) is 10.9. The maximum absolute atomic E-state index is 6.19. The lowest BCUT2D eigenvalue weighted by Gasteiger charge is -2.15. The van der Waals surface area contributed by atoms with Crippen molar-refractivity contribution in [2.45, 2.75) is 26.4 Å². The van der Waals surface area contributed by atoms with Gasteiger partial charge in [0.1, 0.15) is 0 Å². The van der Waals surface area contributed by atoms with Crippen LogP contribution in [-0.4, -0.2) is 9.55 Å². The van der Waals surface area contributed by atoms with Crippen LogP contribution in [0.25, 0.3) is 0 Å². The molecule has 0 saturated heterocycles. The molecule has 2 rings (SSSR count). The quantitative estimate of drug-likeness (QED) is 0.853. The number of rotatable bonds is 3. The van der Waals surface area contributed by atoms with Gasteiger partial charge in [-0.15, -0.1) is 0 Å². The van der Waals surface area contributed by atoms with Crippen molar-refractivity contribution in [3.05, 3.63) is 53.6 Å². The van der Waals surface area contributed by atoms with E-state index in [2.05, 4.69) is 37.0 Å². The van der Waals surface area contributed by atoms with Crippen molar-refractivity contribution in [3.8, 4) is 0 Å². The van der Waals surface area contributed by atoms with Crippen LogP contribution >= 0.6 is 0 Å². The molecule has 0 spiro atoms. The van der Waals surface area contributed by atoms with Gasteiger partial charge in [0.25, 0.3) is 0 Å². The molecular formula is C13H17N3. The largest absolute Gasteiger partial charge is 0.336 e. The molecule has 0 aliphatic heterocycles. The molecular weight excluding hydrogens is 198 g/mol. The molecule has 0 aliphatic rings. The van der Waals surface area contributed by atoms with Crippen molar-refractivity contribution in [2.75, 3.05) is 0 Å². The standard InChI is InChI=1S/C13H17N3/c1-10-3-4-12(11(2)7-10)13(14)8-16-6-5-15-9-16/h3-7,9,13H,8,14H2,1-2H3/t13-/m0/s1. The fourth-order valence-corrected chi connectivity index (χ4v) is 1.96. The summed E-state index contributed by atoms with van der Waals surface area (Å²) in [4.78, 5) is 4.01. The van der Waals surface area contributed by atoms with Gasteiger partial charge in [-0.1, -0.05) is 23.8 Å². The lowest BCUT2D eigenvalue weighted by atomic mass is 10.00. The molecule has 2 N–H and O–H groups in total. The van der Waals surface area contributed by atoms with Crippen molar-refractivity contribution in [3.63, 3.8) is 0 Å². The number of hydrogen-bond acceptors (Lipinski definition) is 2. The minimum atomic E-state index is 0.0230. The average molecular weight is 215 g/mol. The van der Waals surface area contributed by atoms with E-state index in [1.165, 1.54) is 16.7 Å². The van der Waals surface area contributed by atoms with Gasteiger partial charge in [0, 0.05) is 25.0 Å². The fraction of sp³-hybridized carbons (Fsp3) is 0.308. The first-order valence-corrected chi connectivity index (χ1v) is 5.45. The Labute approximate surface area is 95.9 Å². The minimum absolute atomic E-state index is 0.0230. The molecule has 1 heterocycles. The van der Waals surface area contributed by atoms with E-state index in [4.69, 9.17) is 5.73 Å². The maximum Gasteiger partial charge on any atom is 0.0946 e. The van der Waals surface area contributed by atoms with Crippen molar-refractivity contribution in [2.24, 2.45) is 5.73 Å². The predicted octanol–water partition coefficient (Wildman–Crippen LogP) is 2.20. The van der Waals surface area contributed by atoms with Crippen LogP contribution in [0.3, 0.4) is 0 Å². The van der Waals surface area contributed by atoms with Gasteiger partial charge >= 0.3 is 0 Å². The summed E-state index contributed by atoms with van der Waals surface area (Å²) >= 11 is 0. The molecule has 1 atom stereocenters. The summed E-state index contributed by atoms with van der Waals surface area (Å²) in [5.41, 5.74) is 9.93. The minimum Gasteiger partial charge on any atom is -0.336 e. The van der Waals surface area contributed by atoms with E-state index in [0.717, 1.165) is 6.54 Å². The molecule has 84 valence electrons. The first-order valence-electron chi connectivity index (χ1n) is 5.45. The van der Waals surface area contributed by atoms with Gasteiger partial charge in [0.2, 0.25) is 0 Å². The van der Waals surface area contributed by atoms with Gasteiger partial charge < -0.3 is 10.3 Å². The number of nitrogens with two attached hydrogens (primary N) is 1. The Bertz CT molecular complexity index is 460. The summed E-state index contributed by atoms with van der Waals surface area (Å²) < 4.78 is 2.00. The Hall–Kier alpha value is -1.61. The second-order valence-electron chi connectivity index (χ2n) is 4.23. The number of nitrogens with zero attached hydrogens (tertiary/aromatic N) is 2. The van der Waals surface area contributed by atoms with Crippen LogP contribution in [0.4, 0.5) is 0 Å². The van der Waals surface area contributed by atoms with E-state index in [0.29, 0.717) is 0 Å². The van der Waals surface area contributed by atoms with Gasteiger partial charge in [0.15, 0.2) is 0 Å². The van der Waals surface area contributed by atoms with E-state index >= 15 is 0 Å². The Morgan fingerprint density at radius 1 is 1.38 bits per heavy atom. The normalized spacial score (nSPS) is 12.7. The third kappa shape index (κ3) is 2.31. The van der Waals surface area contributed by atoms with E-state index in [1.807, 2.05) is 10.8 Å². The van der Waals surface area contributed by atoms with Gasteiger partial charge in [-0.25, -0.2) is 4.98 Å². The Morgan fingerprint density at radius 2 is 2.19 bits per heavy atom. The third-order valence-corrected chi connectivity index (χ3v) is 2.79. The van der Waals surface area contributed by atoms with Crippen LogP contribution in [0.2, 0.25) is 0 Å². The van der Waals surface area contributed by atoms with Crippen LogP contribution in [0.5, 0.6) is 0 Å². The predicted molar refractivity (Wildman–Crippen MR) is 65.1 cm³/mol. The van der Waals surface area contributed by atoms with Crippen molar-refractivity contribution in [1.29, 1.82) is 0 Å². The smallest absolute Gasteiger partial charge is 0.0946 e. The monoisotopic (exact) mass is 215 g/mol. The first-order chi connectivity index (χ1) is 7.66. The summed E-state index contributed by atoms with van der Waals surface area (Å²) in [5.74, 6) is 0. The van der Waals surface area contributed by atoms with Crippen LogP contribution in [-0.2, 0) is 6.54 Å². The van der Waals surface area contributed by atoms with E-state index in [9.17, 15) is 0 Å². The van der Waals surface area contributed by atoms with Crippen molar-refractivity contribution < 1.29 is 0 Å². The fourth-order valence-electron chi connectivity index (χ4n) is 1.96. The summed E-state index contributed by atoms with van der Waals surface area (Å²) in [6.07, 6.45) is 5.50. The highest BCUT2D eigenvalue weighted by Crippen LogP contribution is 2.18. The average Bonchev–Trinajstić information content (AvgIpc) is 2.70. The van der Waals surface area contributed by atoms with Gasteiger partial charge in [0.05, 0.1) is 6.33 Å². The second-order valence-corrected chi connectivity index (χ2v) is 4.23. The number of imidazole rings is 1. The summed E-state index contributed by atoms with van der Waals surface area (Å²) in [6, 6.07) is 6.42. The zero-order valence-corrected chi connectivity index (χ0v) is 9.72. The van der Waals surface area contributed by atoms with Gasteiger partial charge in [-0.2, -0.15) is 0 Å². The molecule has 0 bridgehead atoms. The molecule has 0 aliphatic carbocycles. The molecule has 16 heavy (non-hydrogen) atoms. The molecule has 3 nitrogen and oxygen atoms in total. The molecule has 3 heteroatoms. The van der Waals surface area contributed by atoms with Crippen molar-refractivity contribution in [1.82, 2.24) is 9.55 Å². The lowest BCUT2D eigenvalue weighted by molar-refractivity contribution is 0.574. The van der Waals surface area contributed by atoms with E-state index < -0.39 is 0 Å². The molecule has 2 aromatic rings. The van der Waals surface area contributed by atoms with Crippen LogP contribution in [0.1, 0.15) is 22.7 Å². The zero-order chi connectivity index (χ0) is 11.5. The molecule has 0 unspecified atom stereocenters. The molecule has 0 radical (unpaired) electrons. The van der Waals surface area contributed by atoms with Crippen LogP contribution in [0.15, 0.2) is 36.9 Å². The van der Waals surface area contributed by atoms with Gasteiger partial charge in [-0.05, 0) is 25.0 Å².